The summed E-state index contributed by atoms with van der Waals surface area (Å²) >= 11 is 0. The van der Waals surface area contributed by atoms with Gasteiger partial charge in [-0.1, -0.05) is 26.7 Å². The van der Waals surface area contributed by atoms with Gasteiger partial charge in [-0.2, -0.15) is 4.31 Å². The molecule has 0 spiro atoms. The lowest BCUT2D eigenvalue weighted by Crippen LogP contribution is -2.48. The second-order valence-electron chi connectivity index (χ2n) is 4.87. The van der Waals surface area contributed by atoms with Crippen molar-refractivity contribution in [1.82, 2.24) is 4.31 Å². The van der Waals surface area contributed by atoms with Gasteiger partial charge in [0.05, 0.1) is 5.75 Å². The van der Waals surface area contributed by atoms with Crippen LogP contribution in [0.5, 0.6) is 0 Å². The van der Waals surface area contributed by atoms with Crippen molar-refractivity contribution >= 4 is 10.0 Å². The minimum Gasteiger partial charge on any atom is -0.330 e. The van der Waals surface area contributed by atoms with E-state index in [1.807, 2.05) is 13.8 Å². The second-order valence-corrected chi connectivity index (χ2v) is 6.91. The minimum atomic E-state index is -3.09. The van der Waals surface area contributed by atoms with Crippen LogP contribution in [-0.2, 0) is 10.0 Å². The highest BCUT2D eigenvalue weighted by Crippen LogP contribution is 2.29. The molecule has 2 unspecified atom stereocenters. The Morgan fingerprint density at radius 1 is 1.24 bits per heavy atom. The molecule has 1 saturated carbocycles. The van der Waals surface area contributed by atoms with Gasteiger partial charge in [-0.15, -0.1) is 0 Å². The van der Waals surface area contributed by atoms with Crippen molar-refractivity contribution < 1.29 is 8.42 Å². The fourth-order valence-corrected chi connectivity index (χ4v) is 4.69. The molecule has 0 amide bonds. The average molecular weight is 262 g/mol. The smallest absolute Gasteiger partial charge is 0.214 e. The molecule has 0 aromatic carbocycles. The molecule has 2 atom stereocenters. The van der Waals surface area contributed by atoms with E-state index in [0.29, 0.717) is 25.4 Å². The van der Waals surface area contributed by atoms with E-state index in [4.69, 9.17) is 5.73 Å². The molecule has 1 aliphatic rings. The summed E-state index contributed by atoms with van der Waals surface area (Å²) in [6.07, 6.45) is 5.03. The van der Waals surface area contributed by atoms with Crippen LogP contribution in [0.15, 0.2) is 0 Å². The first-order valence-electron chi connectivity index (χ1n) is 6.76. The fourth-order valence-electron chi connectivity index (χ4n) is 2.85. The van der Waals surface area contributed by atoms with Crippen molar-refractivity contribution in [3.63, 3.8) is 0 Å². The van der Waals surface area contributed by atoms with Gasteiger partial charge in [0.15, 0.2) is 0 Å². The monoisotopic (exact) mass is 262 g/mol. The Kier molecular flexibility index (Phi) is 5.89. The summed E-state index contributed by atoms with van der Waals surface area (Å²) < 4.78 is 26.1. The first-order valence-corrected chi connectivity index (χ1v) is 8.37. The molecule has 1 fully saturated rings. The zero-order valence-electron chi connectivity index (χ0n) is 11.1. The Hall–Kier alpha value is -0.130. The molecule has 4 nitrogen and oxygen atoms in total. The molecule has 0 aliphatic heterocycles. The Morgan fingerprint density at radius 3 is 2.41 bits per heavy atom. The van der Waals surface area contributed by atoms with Crippen LogP contribution in [-0.4, -0.2) is 37.6 Å². The SMILES string of the molecule is CCCS(=O)(=O)N(CC)C1CCCCC1CN. The summed E-state index contributed by atoms with van der Waals surface area (Å²) in [6.45, 7) is 5.01. The Morgan fingerprint density at radius 2 is 1.88 bits per heavy atom. The molecule has 0 radical (unpaired) electrons. The lowest BCUT2D eigenvalue weighted by atomic mass is 9.84. The second kappa shape index (κ2) is 6.71. The van der Waals surface area contributed by atoms with E-state index in [1.54, 1.807) is 4.31 Å². The highest BCUT2D eigenvalue weighted by Gasteiger charge is 2.34. The van der Waals surface area contributed by atoms with Crippen molar-refractivity contribution in [2.24, 2.45) is 11.7 Å². The van der Waals surface area contributed by atoms with Crippen molar-refractivity contribution in [3.05, 3.63) is 0 Å². The quantitative estimate of drug-likeness (QED) is 0.790. The average Bonchev–Trinajstić information content (AvgIpc) is 2.30. The van der Waals surface area contributed by atoms with Crippen molar-refractivity contribution in [2.75, 3.05) is 18.8 Å². The number of hydrogen-bond acceptors (Lipinski definition) is 3. The molecule has 0 aromatic rings. The van der Waals surface area contributed by atoms with E-state index in [2.05, 4.69) is 0 Å². The van der Waals surface area contributed by atoms with E-state index in [0.717, 1.165) is 19.3 Å². The molecule has 1 rings (SSSR count). The predicted molar refractivity (Wildman–Crippen MR) is 71.3 cm³/mol. The standard InChI is InChI=1S/C12H26N2O2S/c1-3-9-17(15,16)14(4-2)12-8-6-5-7-11(12)10-13/h11-12H,3-10,13H2,1-2H3. The molecular weight excluding hydrogens is 236 g/mol. The third kappa shape index (κ3) is 3.66. The van der Waals surface area contributed by atoms with Gasteiger partial charge in [0.2, 0.25) is 10.0 Å². The Bertz CT molecular complexity index is 316. The summed E-state index contributed by atoms with van der Waals surface area (Å²) in [5.41, 5.74) is 5.78. The van der Waals surface area contributed by atoms with Gasteiger partial charge in [0.25, 0.3) is 0 Å². The normalized spacial score (nSPS) is 26.4. The van der Waals surface area contributed by atoms with E-state index >= 15 is 0 Å². The molecular formula is C12H26N2O2S. The summed E-state index contributed by atoms with van der Waals surface area (Å²) in [6, 6.07) is 0.135. The molecule has 102 valence electrons. The van der Waals surface area contributed by atoms with E-state index in [-0.39, 0.29) is 11.8 Å². The summed E-state index contributed by atoms with van der Waals surface area (Å²) in [5, 5.41) is 0. The van der Waals surface area contributed by atoms with Gasteiger partial charge in [-0.3, -0.25) is 0 Å². The minimum absolute atomic E-state index is 0.135. The van der Waals surface area contributed by atoms with Crippen LogP contribution in [0, 0.1) is 5.92 Å². The van der Waals surface area contributed by atoms with Crippen molar-refractivity contribution in [1.29, 1.82) is 0 Å². The molecule has 1 aliphatic carbocycles. The van der Waals surface area contributed by atoms with Crippen LogP contribution >= 0.6 is 0 Å². The van der Waals surface area contributed by atoms with Gasteiger partial charge in [0.1, 0.15) is 0 Å². The maximum Gasteiger partial charge on any atom is 0.214 e. The summed E-state index contributed by atoms with van der Waals surface area (Å²) in [4.78, 5) is 0. The summed E-state index contributed by atoms with van der Waals surface area (Å²) in [5.74, 6) is 0.601. The van der Waals surface area contributed by atoms with E-state index in [9.17, 15) is 8.42 Å². The van der Waals surface area contributed by atoms with Crippen LogP contribution in [0.3, 0.4) is 0 Å². The topological polar surface area (TPSA) is 63.4 Å². The molecule has 17 heavy (non-hydrogen) atoms. The predicted octanol–water partition coefficient (Wildman–Crippen LogP) is 1.57. The molecule has 0 saturated heterocycles. The fraction of sp³-hybridized carbons (Fsp3) is 1.00. The maximum absolute atomic E-state index is 12.2. The maximum atomic E-state index is 12.2. The summed E-state index contributed by atoms with van der Waals surface area (Å²) in [7, 11) is -3.09. The van der Waals surface area contributed by atoms with Gasteiger partial charge in [-0.05, 0) is 31.7 Å². The van der Waals surface area contributed by atoms with Crippen LogP contribution in [0.4, 0.5) is 0 Å². The zero-order chi connectivity index (χ0) is 12.9. The molecule has 0 aromatic heterocycles. The number of hydrogen-bond donors (Lipinski definition) is 1. The Labute approximate surface area is 106 Å². The highest BCUT2D eigenvalue weighted by atomic mass is 32.2. The first kappa shape index (κ1) is 14.9. The van der Waals surface area contributed by atoms with Crippen molar-refractivity contribution in [3.8, 4) is 0 Å². The molecule has 0 heterocycles. The third-order valence-electron chi connectivity index (χ3n) is 3.67. The number of sulfonamides is 1. The van der Waals surface area contributed by atoms with Crippen LogP contribution in [0.25, 0.3) is 0 Å². The van der Waals surface area contributed by atoms with Gasteiger partial charge >= 0.3 is 0 Å². The van der Waals surface area contributed by atoms with Crippen LogP contribution < -0.4 is 5.73 Å². The number of rotatable bonds is 6. The van der Waals surface area contributed by atoms with Crippen molar-refractivity contribution in [2.45, 2.75) is 52.0 Å². The highest BCUT2D eigenvalue weighted by molar-refractivity contribution is 7.89. The van der Waals surface area contributed by atoms with Gasteiger partial charge in [-0.25, -0.2) is 8.42 Å². The van der Waals surface area contributed by atoms with Crippen LogP contribution in [0.2, 0.25) is 0 Å². The van der Waals surface area contributed by atoms with E-state index in [1.165, 1.54) is 6.42 Å². The van der Waals surface area contributed by atoms with Crippen LogP contribution in [0.1, 0.15) is 46.0 Å². The molecule has 5 heteroatoms. The third-order valence-corrected chi connectivity index (χ3v) is 5.84. The molecule has 0 bridgehead atoms. The molecule has 2 N–H and O–H groups in total. The van der Waals surface area contributed by atoms with E-state index < -0.39 is 10.0 Å². The Balaban J connectivity index is 2.84. The zero-order valence-corrected chi connectivity index (χ0v) is 11.9. The largest absolute Gasteiger partial charge is 0.330 e. The van der Waals surface area contributed by atoms with Gasteiger partial charge < -0.3 is 5.73 Å². The lowest BCUT2D eigenvalue weighted by Gasteiger charge is -2.38. The number of nitrogens with two attached hydrogens (primary N) is 1. The van der Waals surface area contributed by atoms with Gasteiger partial charge in [0, 0.05) is 12.6 Å². The first-order chi connectivity index (χ1) is 8.06. The number of nitrogens with zero attached hydrogens (tertiary/aromatic N) is 1. The lowest BCUT2D eigenvalue weighted by molar-refractivity contribution is 0.187.